The first-order valence-corrected chi connectivity index (χ1v) is 9.11. The van der Waals surface area contributed by atoms with Crippen molar-refractivity contribution in [1.29, 1.82) is 0 Å². The Morgan fingerprint density at radius 3 is 2.77 bits per heavy atom. The van der Waals surface area contributed by atoms with E-state index in [9.17, 15) is 4.79 Å². The van der Waals surface area contributed by atoms with Gasteiger partial charge in [0.25, 0.3) is 0 Å². The van der Waals surface area contributed by atoms with Gasteiger partial charge in [0, 0.05) is 12.1 Å². The van der Waals surface area contributed by atoms with Crippen molar-refractivity contribution in [2.45, 2.75) is 33.1 Å². The molecule has 4 nitrogen and oxygen atoms in total. The highest BCUT2D eigenvalue weighted by atomic mass is 16.5. The Balaban J connectivity index is 2.53. The molecular formula is C22H29NO3. The average molecular weight is 355 g/mol. The molecule has 4 heteroatoms. The van der Waals surface area contributed by atoms with Gasteiger partial charge in [0.2, 0.25) is 0 Å². The average Bonchev–Trinajstić information content (AvgIpc) is 2.70. The van der Waals surface area contributed by atoms with Gasteiger partial charge in [-0.15, -0.1) is 0 Å². The third-order valence-electron chi connectivity index (χ3n) is 4.33. The van der Waals surface area contributed by atoms with Crippen LogP contribution < -0.4 is 4.74 Å². The van der Waals surface area contributed by atoms with E-state index in [1.165, 1.54) is 11.1 Å². The molecule has 140 valence electrons. The van der Waals surface area contributed by atoms with E-state index in [2.05, 4.69) is 51.1 Å². The fourth-order valence-electron chi connectivity index (χ4n) is 2.99. The van der Waals surface area contributed by atoms with Gasteiger partial charge in [0.05, 0.1) is 6.42 Å². The fraction of sp³-hybridized carbons (Fsp3) is 0.409. The Kier molecular flexibility index (Phi) is 7.22. The Morgan fingerprint density at radius 2 is 2.12 bits per heavy atom. The van der Waals surface area contributed by atoms with Crippen LogP contribution in [-0.2, 0) is 11.2 Å². The van der Waals surface area contributed by atoms with Gasteiger partial charge in [-0.2, -0.15) is 0 Å². The minimum atomic E-state index is -0.824. The van der Waals surface area contributed by atoms with Gasteiger partial charge in [-0.25, -0.2) is 0 Å². The van der Waals surface area contributed by atoms with Crippen LogP contribution in [0, 0.1) is 0 Å². The molecule has 0 radical (unpaired) electrons. The Morgan fingerprint density at radius 1 is 1.35 bits per heavy atom. The molecule has 1 aliphatic heterocycles. The minimum absolute atomic E-state index is 0.0150. The fourth-order valence-corrected chi connectivity index (χ4v) is 2.99. The molecule has 1 aromatic carbocycles. The molecule has 26 heavy (non-hydrogen) atoms. The second kappa shape index (κ2) is 9.39. The summed E-state index contributed by atoms with van der Waals surface area (Å²) < 4.78 is 6.00. The summed E-state index contributed by atoms with van der Waals surface area (Å²) in [6, 6.07) is 5.70. The van der Waals surface area contributed by atoms with E-state index < -0.39 is 5.97 Å². The second-order valence-corrected chi connectivity index (χ2v) is 6.90. The summed E-state index contributed by atoms with van der Waals surface area (Å²) >= 11 is 0. The summed E-state index contributed by atoms with van der Waals surface area (Å²) in [4.78, 5) is 13.3. The first-order valence-electron chi connectivity index (χ1n) is 9.11. The van der Waals surface area contributed by atoms with Gasteiger partial charge in [0.15, 0.2) is 0 Å². The highest BCUT2D eigenvalue weighted by molar-refractivity contribution is 5.86. The van der Waals surface area contributed by atoms with Crippen molar-refractivity contribution in [1.82, 2.24) is 4.90 Å². The first kappa shape index (κ1) is 20.0. The second-order valence-electron chi connectivity index (χ2n) is 6.90. The number of aliphatic carboxylic acids is 1. The number of carboxylic acids is 1. The largest absolute Gasteiger partial charge is 0.489 e. The minimum Gasteiger partial charge on any atom is -0.489 e. The molecule has 0 unspecified atom stereocenters. The summed E-state index contributed by atoms with van der Waals surface area (Å²) in [7, 11) is 4.12. The number of benzene rings is 1. The number of allylic oxidation sites excluding steroid dienone is 4. The van der Waals surface area contributed by atoms with Gasteiger partial charge < -0.3 is 14.7 Å². The third kappa shape index (κ3) is 5.33. The quantitative estimate of drug-likeness (QED) is 0.791. The number of carbonyl (C=O) groups is 1. The lowest BCUT2D eigenvalue weighted by Crippen LogP contribution is -2.12. The van der Waals surface area contributed by atoms with Crippen LogP contribution in [0.5, 0.6) is 5.75 Å². The lowest BCUT2D eigenvalue weighted by molar-refractivity contribution is -0.136. The number of hydrogen-bond acceptors (Lipinski definition) is 3. The van der Waals surface area contributed by atoms with E-state index in [0.717, 1.165) is 41.8 Å². The van der Waals surface area contributed by atoms with Gasteiger partial charge in [-0.05, 0) is 68.3 Å². The maximum atomic E-state index is 11.1. The molecule has 0 amide bonds. The van der Waals surface area contributed by atoms with Gasteiger partial charge in [-0.1, -0.05) is 31.2 Å². The zero-order chi connectivity index (χ0) is 19.1. The van der Waals surface area contributed by atoms with Gasteiger partial charge in [-0.3, -0.25) is 4.79 Å². The summed E-state index contributed by atoms with van der Waals surface area (Å²) in [5.74, 6) is -0.00931. The number of fused-ring (bicyclic) bond motifs is 1. The number of hydrogen-bond donors (Lipinski definition) is 1. The molecule has 1 heterocycles. The molecule has 0 aromatic heterocycles. The highest BCUT2D eigenvalue weighted by Gasteiger charge is 2.19. The summed E-state index contributed by atoms with van der Waals surface area (Å²) in [6.45, 7) is 5.71. The van der Waals surface area contributed by atoms with Gasteiger partial charge in [0.1, 0.15) is 12.4 Å². The normalized spacial score (nSPS) is 16.1. The van der Waals surface area contributed by atoms with Crippen molar-refractivity contribution in [2.75, 3.05) is 27.2 Å². The van der Waals surface area contributed by atoms with Crippen molar-refractivity contribution < 1.29 is 14.6 Å². The molecule has 0 fully saturated rings. The highest BCUT2D eigenvalue weighted by Crippen LogP contribution is 2.37. The maximum Gasteiger partial charge on any atom is 0.307 e. The van der Waals surface area contributed by atoms with E-state index in [4.69, 9.17) is 9.84 Å². The molecule has 0 saturated heterocycles. The number of nitrogens with zero attached hydrogens (tertiary/aromatic N) is 1. The molecule has 0 atom stereocenters. The van der Waals surface area contributed by atoms with E-state index in [-0.39, 0.29) is 6.42 Å². The van der Waals surface area contributed by atoms with E-state index in [1.807, 2.05) is 18.2 Å². The topological polar surface area (TPSA) is 49.8 Å². The van der Waals surface area contributed by atoms with Crippen molar-refractivity contribution >= 4 is 11.5 Å². The van der Waals surface area contributed by atoms with Crippen molar-refractivity contribution in [2.24, 2.45) is 0 Å². The van der Waals surface area contributed by atoms with Crippen LogP contribution in [0.25, 0.3) is 5.57 Å². The van der Waals surface area contributed by atoms with Crippen molar-refractivity contribution in [3.63, 3.8) is 0 Å². The number of ether oxygens (including phenoxy) is 1. The predicted molar refractivity (Wildman–Crippen MR) is 107 cm³/mol. The molecule has 0 bridgehead atoms. The molecule has 0 aliphatic carbocycles. The van der Waals surface area contributed by atoms with Crippen LogP contribution in [0.4, 0.5) is 0 Å². The standard InChI is InChI=1S/C22H29NO3/c1-5-6-8-18-16(2)15-26-21-11-10-17(14-22(24)25)13-20(21)19(18)9-7-12-23(3)4/h6,8-11,13H,5,7,12,14-15H2,1-4H3,(H,24,25)/b8-6-,19-9-. The smallest absolute Gasteiger partial charge is 0.307 e. The summed E-state index contributed by atoms with van der Waals surface area (Å²) in [6.07, 6.45) is 8.47. The van der Waals surface area contributed by atoms with Crippen LogP contribution >= 0.6 is 0 Å². The van der Waals surface area contributed by atoms with Crippen LogP contribution in [0.2, 0.25) is 0 Å². The molecule has 1 N–H and O–H groups in total. The molecule has 1 aromatic rings. The van der Waals surface area contributed by atoms with Crippen LogP contribution in [0.15, 0.2) is 47.6 Å². The summed E-state index contributed by atoms with van der Waals surface area (Å²) in [5, 5.41) is 9.13. The monoisotopic (exact) mass is 355 g/mol. The lowest BCUT2D eigenvalue weighted by Gasteiger charge is -2.14. The zero-order valence-corrected chi connectivity index (χ0v) is 16.2. The van der Waals surface area contributed by atoms with E-state index in [1.54, 1.807) is 0 Å². The predicted octanol–water partition coefficient (Wildman–Crippen LogP) is 4.32. The zero-order valence-electron chi connectivity index (χ0n) is 16.2. The van der Waals surface area contributed by atoms with Crippen molar-refractivity contribution in [3.05, 3.63) is 58.7 Å². The Labute approximate surface area is 156 Å². The molecule has 0 saturated carbocycles. The maximum absolute atomic E-state index is 11.1. The van der Waals surface area contributed by atoms with Crippen LogP contribution in [0.1, 0.15) is 37.8 Å². The van der Waals surface area contributed by atoms with Crippen LogP contribution in [0.3, 0.4) is 0 Å². The van der Waals surface area contributed by atoms with E-state index >= 15 is 0 Å². The number of rotatable bonds is 7. The molecule has 1 aliphatic rings. The van der Waals surface area contributed by atoms with E-state index in [0.29, 0.717) is 6.61 Å². The molecule has 2 rings (SSSR count). The lowest BCUT2D eigenvalue weighted by atomic mass is 9.91. The van der Waals surface area contributed by atoms with Crippen molar-refractivity contribution in [3.8, 4) is 5.75 Å². The summed E-state index contributed by atoms with van der Waals surface area (Å²) in [5.41, 5.74) is 5.26. The third-order valence-corrected chi connectivity index (χ3v) is 4.33. The van der Waals surface area contributed by atoms with Gasteiger partial charge >= 0.3 is 5.97 Å². The Bertz CT molecular complexity index is 742. The Hall–Kier alpha value is -2.33. The van der Waals surface area contributed by atoms with Crippen LogP contribution in [-0.4, -0.2) is 43.2 Å². The molecular weight excluding hydrogens is 326 g/mol. The number of carboxylic acid groups (broad SMARTS) is 1. The SMILES string of the molecule is CC/C=C\C1=C(C)COc2ccc(CC(=O)O)cc2/C1=C\CCN(C)C. The first-order chi connectivity index (χ1) is 12.4. The molecule has 0 spiro atoms.